The summed E-state index contributed by atoms with van der Waals surface area (Å²) in [6, 6.07) is 7.12. The van der Waals surface area contributed by atoms with E-state index in [0.29, 0.717) is 23.8 Å². The number of nitrogen functional groups attached to an aromatic ring is 1. The van der Waals surface area contributed by atoms with Gasteiger partial charge in [0.1, 0.15) is 11.5 Å². The van der Waals surface area contributed by atoms with E-state index >= 15 is 0 Å². The fourth-order valence-electron chi connectivity index (χ4n) is 2.04. The summed E-state index contributed by atoms with van der Waals surface area (Å²) in [5.74, 6) is 1.55. The van der Waals surface area contributed by atoms with Crippen molar-refractivity contribution in [2.75, 3.05) is 19.6 Å². The SMILES string of the molecule is CN(Cc1ccc2c(c1)OCO2)C(=O)c1cc(N)n[nH]1. The van der Waals surface area contributed by atoms with E-state index in [0.717, 1.165) is 11.3 Å². The standard InChI is InChI=1S/C13H14N4O3/c1-17(13(18)9-5-12(14)16-15-9)6-8-2-3-10-11(4-8)20-7-19-10/h2-5H,6-7H2,1H3,(H3,14,15,16). The lowest BCUT2D eigenvalue weighted by atomic mass is 10.2. The molecule has 3 rings (SSSR count). The van der Waals surface area contributed by atoms with Crippen LogP contribution in [0.15, 0.2) is 24.3 Å². The zero-order valence-electron chi connectivity index (χ0n) is 10.9. The quantitative estimate of drug-likeness (QED) is 0.870. The fourth-order valence-corrected chi connectivity index (χ4v) is 2.04. The smallest absolute Gasteiger partial charge is 0.271 e. The number of fused-ring (bicyclic) bond motifs is 1. The van der Waals surface area contributed by atoms with E-state index in [2.05, 4.69) is 10.2 Å². The number of nitrogens with zero attached hydrogens (tertiary/aromatic N) is 2. The molecular formula is C13H14N4O3. The number of aromatic amines is 1. The van der Waals surface area contributed by atoms with Gasteiger partial charge in [-0.3, -0.25) is 9.89 Å². The monoisotopic (exact) mass is 274 g/mol. The molecule has 104 valence electrons. The Bertz CT molecular complexity index is 653. The van der Waals surface area contributed by atoms with Gasteiger partial charge in [0.15, 0.2) is 11.5 Å². The van der Waals surface area contributed by atoms with E-state index in [9.17, 15) is 4.79 Å². The maximum atomic E-state index is 12.1. The highest BCUT2D eigenvalue weighted by Crippen LogP contribution is 2.32. The molecule has 1 aromatic heterocycles. The number of carbonyl (C=O) groups is 1. The Morgan fingerprint density at radius 3 is 2.95 bits per heavy atom. The van der Waals surface area contributed by atoms with Crippen LogP contribution in [0.3, 0.4) is 0 Å². The number of H-pyrrole nitrogens is 1. The Balaban J connectivity index is 1.72. The molecule has 20 heavy (non-hydrogen) atoms. The molecule has 1 amide bonds. The van der Waals surface area contributed by atoms with Crippen molar-refractivity contribution in [1.82, 2.24) is 15.1 Å². The molecule has 0 saturated heterocycles. The summed E-state index contributed by atoms with van der Waals surface area (Å²) in [5, 5.41) is 6.35. The number of nitrogens with two attached hydrogens (primary N) is 1. The summed E-state index contributed by atoms with van der Waals surface area (Å²) in [6.07, 6.45) is 0. The lowest BCUT2D eigenvalue weighted by molar-refractivity contribution is 0.0779. The minimum absolute atomic E-state index is 0.174. The van der Waals surface area contributed by atoms with E-state index in [4.69, 9.17) is 15.2 Å². The van der Waals surface area contributed by atoms with Crippen molar-refractivity contribution < 1.29 is 14.3 Å². The largest absolute Gasteiger partial charge is 0.454 e. The van der Waals surface area contributed by atoms with Crippen LogP contribution in [0.4, 0.5) is 5.82 Å². The van der Waals surface area contributed by atoms with E-state index in [1.807, 2.05) is 18.2 Å². The number of rotatable bonds is 3. The number of carbonyl (C=O) groups excluding carboxylic acids is 1. The molecule has 0 radical (unpaired) electrons. The predicted molar refractivity (Wildman–Crippen MR) is 71.4 cm³/mol. The maximum absolute atomic E-state index is 12.1. The summed E-state index contributed by atoms with van der Waals surface area (Å²) >= 11 is 0. The molecule has 7 nitrogen and oxygen atoms in total. The first-order chi connectivity index (χ1) is 9.63. The lowest BCUT2D eigenvalue weighted by Gasteiger charge is -2.16. The Labute approximate surface area is 115 Å². The predicted octanol–water partition coefficient (Wildman–Crippen LogP) is 0.993. The van der Waals surface area contributed by atoms with Crippen LogP contribution in [0, 0.1) is 0 Å². The van der Waals surface area contributed by atoms with Gasteiger partial charge in [0.05, 0.1) is 0 Å². The van der Waals surface area contributed by atoms with Gasteiger partial charge in [0.25, 0.3) is 5.91 Å². The molecule has 0 atom stereocenters. The number of aromatic nitrogens is 2. The van der Waals surface area contributed by atoms with Gasteiger partial charge in [-0.2, -0.15) is 5.10 Å². The summed E-state index contributed by atoms with van der Waals surface area (Å²) in [4.78, 5) is 13.7. The maximum Gasteiger partial charge on any atom is 0.271 e. The van der Waals surface area contributed by atoms with Gasteiger partial charge in [-0.25, -0.2) is 0 Å². The van der Waals surface area contributed by atoms with Crippen LogP contribution in [-0.4, -0.2) is 34.8 Å². The highest BCUT2D eigenvalue weighted by molar-refractivity contribution is 5.92. The van der Waals surface area contributed by atoms with Gasteiger partial charge >= 0.3 is 0 Å². The Morgan fingerprint density at radius 1 is 1.40 bits per heavy atom. The van der Waals surface area contributed by atoms with E-state index in [-0.39, 0.29) is 12.7 Å². The molecule has 0 fully saturated rings. The summed E-state index contributed by atoms with van der Waals surface area (Å²) in [5.41, 5.74) is 6.81. The molecule has 3 N–H and O–H groups in total. The highest BCUT2D eigenvalue weighted by Gasteiger charge is 2.17. The molecule has 1 aliphatic heterocycles. The van der Waals surface area contributed by atoms with Crippen LogP contribution in [0.5, 0.6) is 11.5 Å². The van der Waals surface area contributed by atoms with Crippen molar-refractivity contribution in [1.29, 1.82) is 0 Å². The number of hydrogen-bond acceptors (Lipinski definition) is 5. The Hall–Kier alpha value is -2.70. The third kappa shape index (κ3) is 2.25. The molecule has 0 bridgehead atoms. The van der Waals surface area contributed by atoms with Gasteiger partial charge < -0.3 is 20.1 Å². The van der Waals surface area contributed by atoms with E-state index < -0.39 is 0 Å². The van der Waals surface area contributed by atoms with Crippen molar-refractivity contribution in [3.8, 4) is 11.5 Å². The zero-order chi connectivity index (χ0) is 14.1. The van der Waals surface area contributed by atoms with Gasteiger partial charge in [-0.05, 0) is 17.7 Å². The second kappa shape index (κ2) is 4.76. The summed E-state index contributed by atoms with van der Waals surface area (Å²) in [7, 11) is 1.71. The summed E-state index contributed by atoms with van der Waals surface area (Å²) in [6.45, 7) is 0.690. The fraction of sp³-hybridized carbons (Fsp3) is 0.231. The molecule has 0 aliphatic carbocycles. The average molecular weight is 274 g/mol. The molecular weight excluding hydrogens is 260 g/mol. The minimum Gasteiger partial charge on any atom is -0.454 e. The molecule has 1 aliphatic rings. The van der Waals surface area contributed by atoms with Gasteiger partial charge in [0, 0.05) is 19.7 Å². The number of amides is 1. The van der Waals surface area contributed by atoms with Crippen molar-refractivity contribution in [2.45, 2.75) is 6.54 Å². The van der Waals surface area contributed by atoms with E-state index in [1.54, 1.807) is 11.9 Å². The van der Waals surface area contributed by atoms with Crippen molar-refractivity contribution in [3.05, 3.63) is 35.5 Å². The van der Waals surface area contributed by atoms with Crippen LogP contribution in [-0.2, 0) is 6.54 Å². The number of ether oxygens (including phenoxy) is 2. The second-order valence-electron chi connectivity index (χ2n) is 4.56. The molecule has 0 unspecified atom stereocenters. The summed E-state index contributed by atoms with van der Waals surface area (Å²) < 4.78 is 10.6. The zero-order valence-corrected chi connectivity index (χ0v) is 10.9. The second-order valence-corrected chi connectivity index (χ2v) is 4.56. The minimum atomic E-state index is -0.174. The van der Waals surface area contributed by atoms with Crippen LogP contribution in [0.1, 0.15) is 16.1 Å². The first kappa shape index (κ1) is 12.3. The topological polar surface area (TPSA) is 93.5 Å². The molecule has 2 heterocycles. The third-order valence-electron chi connectivity index (χ3n) is 3.03. The van der Waals surface area contributed by atoms with Gasteiger partial charge in [-0.1, -0.05) is 6.07 Å². The number of hydrogen-bond donors (Lipinski definition) is 2. The van der Waals surface area contributed by atoms with Crippen molar-refractivity contribution in [2.24, 2.45) is 0 Å². The highest BCUT2D eigenvalue weighted by atomic mass is 16.7. The van der Waals surface area contributed by atoms with Crippen molar-refractivity contribution in [3.63, 3.8) is 0 Å². The van der Waals surface area contributed by atoms with Crippen LogP contribution < -0.4 is 15.2 Å². The molecule has 0 spiro atoms. The average Bonchev–Trinajstić information content (AvgIpc) is 3.05. The van der Waals surface area contributed by atoms with Crippen LogP contribution >= 0.6 is 0 Å². The van der Waals surface area contributed by atoms with Crippen LogP contribution in [0.25, 0.3) is 0 Å². The van der Waals surface area contributed by atoms with Gasteiger partial charge in [-0.15, -0.1) is 0 Å². The molecule has 0 saturated carbocycles. The van der Waals surface area contributed by atoms with Gasteiger partial charge in [0.2, 0.25) is 6.79 Å². The number of benzene rings is 1. The number of anilines is 1. The number of nitrogens with one attached hydrogen (secondary N) is 1. The normalized spacial score (nSPS) is 12.4. The Kier molecular flexibility index (Phi) is 2.94. The molecule has 2 aromatic rings. The third-order valence-corrected chi connectivity index (χ3v) is 3.03. The molecule has 1 aromatic carbocycles. The molecule has 7 heteroatoms. The van der Waals surface area contributed by atoms with E-state index in [1.165, 1.54) is 6.07 Å². The lowest BCUT2D eigenvalue weighted by Crippen LogP contribution is -2.26. The van der Waals surface area contributed by atoms with Crippen molar-refractivity contribution >= 4 is 11.7 Å². The Morgan fingerprint density at radius 2 is 2.20 bits per heavy atom. The first-order valence-electron chi connectivity index (χ1n) is 6.08. The first-order valence-corrected chi connectivity index (χ1v) is 6.08. The van der Waals surface area contributed by atoms with Crippen LogP contribution in [0.2, 0.25) is 0 Å².